The van der Waals surface area contributed by atoms with E-state index in [0.717, 1.165) is 34.3 Å². The van der Waals surface area contributed by atoms with Gasteiger partial charge in [-0.3, -0.25) is 0 Å². The molecule has 0 bridgehead atoms. The van der Waals surface area contributed by atoms with E-state index in [1.165, 1.54) is 0 Å². The van der Waals surface area contributed by atoms with E-state index in [2.05, 4.69) is 11.1 Å². The summed E-state index contributed by atoms with van der Waals surface area (Å²) in [4.78, 5) is 6.73. The second kappa shape index (κ2) is 6.66. The fourth-order valence-electron chi connectivity index (χ4n) is 3.63. The van der Waals surface area contributed by atoms with Gasteiger partial charge in [0.2, 0.25) is 0 Å². The van der Waals surface area contributed by atoms with E-state index in [4.69, 9.17) is 4.74 Å². The van der Waals surface area contributed by atoms with Crippen molar-refractivity contribution < 1.29 is 9.84 Å². The molecule has 0 aliphatic carbocycles. The Bertz CT molecular complexity index is 996. The van der Waals surface area contributed by atoms with Gasteiger partial charge < -0.3 is 14.7 Å². The lowest BCUT2D eigenvalue weighted by atomic mass is 9.96. The van der Waals surface area contributed by atoms with Gasteiger partial charge in [-0.15, -0.1) is 0 Å². The summed E-state index contributed by atoms with van der Waals surface area (Å²) in [5.41, 5.74) is 2.08. The number of hydrogen-bond acceptors (Lipinski definition) is 5. The van der Waals surface area contributed by atoms with E-state index >= 15 is 0 Å². The fourth-order valence-corrected chi connectivity index (χ4v) is 3.63. The lowest BCUT2D eigenvalue weighted by Crippen LogP contribution is -2.23. The Morgan fingerprint density at radius 2 is 2.00 bits per heavy atom. The molecule has 1 aliphatic heterocycles. The van der Waals surface area contributed by atoms with Crippen molar-refractivity contribution in [1.29, 1.82) is 5.26 Å². The molecule has 2 heterocycles. The standard InChI is InChI=1S/C21H19N3O2/c1-26-18-9-5-8-16-20(18)19(14-6-3-2-4-7-14)17(12-22)23-21(16)24-11-10-15(25)13-24/h2-9,15,25H,10-11,13H2,1H3/t15-/m0/s1. The van der Waals surface area contributed by atoms with Crippen LogP contribution in [-0.4, -0.2) is 36.4 Å². The summed E-state index contributed by atoms with van der Waals surface area (Å²) in [5.74, 6) is 1.44. The molecule has 1 saturated heterocycles. The average molecular weight is 345 g/mol. The number of anilines is 1. The van der Waals surface area contributed by atoms with E-state index in [9.17, 15) is 10.4 Å². The predicted molar refractivity (Wildman–Crippen MR) is 101 cm³/mol. The minimum Gasteiger partial charge on any atom is -0.496 e. The molecule has 1 N–H and O–H groups in total. The first kappa shape index (κ1) is 16.4. The molecular weight excluding hydrogens is 326 g/mol. The third-order valence-electron chi connectivity index (χ3n) is 4.82. The maximum atomic E-state index is 9.93. The highest BCUT2D eigenvalue weighted by Gasteiger charge is 2.26. The Balaban J connectivity index is 2.07. The highest BCUT2D eigenvalue weighted by Crippen LogP contribution is 2.41. The van der Waals surface area contributed by atoms with Gasteiger partial charge in [-0.05, 0) is 18.1 Å². The van der Waals surface area contributed by atoms with Crippen molar-refractivity contribution >= 4 is 16.6 Å². The summed E-state index contributed by atoms with van der Waals surface area (Å²) in [6, 6.07) is 17.9. The molecule has 0 unspecified atom stereocenters. The Labute approximate surface area is 152 Å². The van der Waals surface area contributed by atoms with Crippen LogP contribution in [0.3, 0.4) is 0 Å². The molecule has 0 radical (unpaired) electrons. The molecule has 1 atom stereocenters. The first-order valence-electron chi connectivity index (χ1n) is 8.62. The Kier molecular flexibility index (Phi) is 4.19. The van der Waals surface area contributed by atoms with Gasteiger partial charge in [-0.1, -0.05) is 42.5 Å². The van der Waals surface area contributed by atoms with Gasteiger partial charge in [-0.2, -0.15) is 5.26 Å². The van der Waals surface area contributed by atoms with Crippen molar-refractivity contribution in [2.75, 3.05) is 25.1 Å². The van der Waals surface area contributed by atoms with Crippen LogP contribution >= 0.6 is 0 Å². The number of nitrogens with zero attached hydrogens (tertiary/aromatic N) is 3. The number of ether oxygens (including phenoxy) is 1. The van der Waals surface area contributed by atoms with Crippen molar-refractivity contribution in [3.8, 4) is 22.9 Å². The summed E-state index contributed by atoms with van der Waals surface area (Å²) in [7, 11) is 1.63. The monoisotopic (exact) mass is 345 g/mol. The molecule has 1 aliphatic rings. The van der Waals surface area contributed by atoms with Crippen LogP contribution in [-0.2, 0) is 0 Å². The molecule has 4 rings (SSSR count). The van der Waals surface area contributed by atoms with Crippen LogP contribution in [0.1, 0.15) is 12.1 Å². The quantitative estimate of drug-likeness (QED) is 0.788. The van der Waals surface area contributed by atoms with Crippen LogP contribution in [0.15, 0.2) is 48.5 Å². The van der Waals surface area contributed by atoms with Crippen LogP contribution in [0.5, 0.6) is 5.75 Å². The zero-order valence-corrected chi connectivity index (χ0v) is 14.5. The minimum atomic E-state index is -0.364. The maximum absolute atomic E-state index is 9.93. The Morgan fingerprint density at radius 3 is 2.65 bits per heavy atom. The zero-order chi connectivity index (χ0) is 18.1. The van der Waals surface area contributed by atoms with Gasteiger partial charge in [0.05, 0.1) is 13.2 Å². The number of methoxy groups -OCH3 is 1. The Morgan fingerprint density at radius 1 is 1.19 bits per heavy atom. The molecule has 0 saturated carbocycles. The Hall–Kier alpha value is -3.10. The van der Waals surface area contributed by atoms with Gasteiger partial charge >= 0.3 is 0 Å². The highest BCUT2D eigenvalue weighted by molar-refractivity contribution is 6.07. The largest absolute Gasteiger partial charge is 0.496 e. The fraction of sp³-hybridized carbons (Fsp3) is 0.238. The number of rotatable bonds is 3. The summed E-state index contributed by atoms with van der Waals surface area (Å²) in [6.07, 6.45) is 0.340. The number of fused-ring (bicyclic) bond motifs is 1. The van der Waals surface area contributed by atoms with E-state index < -0.39 is 0 Å². The van der Waals surface area contributed by atoms with Gasteiger partial charge in [0.25, 0.3) is 0 Å². The summed E-state index contributed by atoms with van der Waals surface area (Å²) in [6.45, 7) is 1.24. The van der Waals surface area contributed by atoms with Crippen LogP contribution in [0.25, 0.3) is 21.9 Å². The predicted octanol–water partition coefficient (Wildman–Crippen LogP) is 3.35. The number of aliphatic hydroxyl groups excluding tert-OH is 1. The van der Waals surface area contributed by atoms with Crippen molar-refractivity contribution in [3.05, 3.63) is 54.2 Å². The van der Waals surface area contributed by atoms with Gasteiger partial charge in [0, 0.05) is 29.4 Å². The van der Waals surface area contributed by atoms with Gasteiger partial charge in [0.1, 0.15) is 17.6 Å². The molecule has 5 nitrogen and oxygen atoms in total. The molecule has 1 aromatic heterocycles. The first-order chi connectivity index (χ1) is 12.7. The third-order valence-corrected chi connectivity index (χ3v) is 4.82. The van der Waals surface area contributed by atoms with E-state index in [-0.39, 0.29) is 6.10 Å². The number of nitriles is 1. The molecular formula is C21H19N3O2. The van der Waals surface area contributed by atoms with E-state index in [0.29, 0.717) is 24.4 Å². The van der Waals surface area contributed by atoms with E-state index in [1.807, 2.05) is 53.4 Å². The maximum Gasteiger partial charge on any atom is 0.151 e. The van der Waals surface area contributed by atoms with Crippen molar-refractivity contribution in [2.24, 2.45) is 0 Å². The van der Waals surface area contributed by atoms with Gasteiger partial charge in [-0.25, -0.2) is 4.98 Å². The van der Waals surface area contributed by atoms with E-state index in [1.54, 1.807) is 7.11 Å². The summed E-state index contributed by atoms with van der Waals surface area (Å²) in [5, 5.41) is 21.5. The number of pyridine rings is 1. The zero-order valence-electron chi connectivity index (χ0n) is 14.5. The first-order valence-corrected chi connectivity index (χ1v) is 8.62. The molecule has 2 aromatic carbocycles. The number of β-amino-alcohol motifs (C(OH)–C–C–N with tert-alkyl or cyclic N) is 1. The number of aliphatic hydroxyl groups is 1. The van der Waals surface area contributed by atoms with Crippen LogP contribution in [0.2, 0.25) is 0 Å². The molecule has 26 heavy (non-hydrogen) atoms. The minimum absolute atomic E-state index is 0.364. The molecule has 1 fully saturated rings. The highest BCUT2D eigenvalue weighted by atomic mass is 16.5. The van der Waals surface area contributed by atoms with Crippen molar-refractivity contribution in [1.82, 2.24) is 4.98 Å². The SMILES string of the molecule is COc1cccc2c(N3CC[C@H](O)C3)nc(C#N)c(-c3ccccc3)c12. The van der Waals surface area contributed by atoms with Crippen LogP contribution in [0.4, 0.5) is 5.82 Å². The third kappa shape index (κ3) is 2.65. The summed E-state index contributed by atoms with van der Waals surface area (Å²) < 4.78 is 5.62. The molecule has 5 heteroatoms. The molecule has 3 aromatic rings. The molecule has 130 valence electrons. The number of aromatic nitrogens is 1. The normalized spacial score (nSPS) is 16.7. The smallest absolute Gasteiger partial charge is 0.151 e. The van der Waals surface area contributed by atoms with Gasteiger partial charge in [0.15, 0.2) is 5.69 Å². The number of benzene rings is 2. The van der Waals surface area contributed by atoms with Crippen molar-refractivity contribution in [3.63, 3.8) is 0 Å². The average Bonchev–Trinajstić information content (AvgIpc) is 3.12. The van der Waals surface area contributed by atoms with Crippen LogP contribution < -0.4 is 9.64 Å². The molecule has 0 amide bonds. The second-order valence-electron chi connectivity index (χ2n) is 6.41. The summed E-state index contributed by atoms with van der Waals surface area (Å²) >= 11 is 0. The number of hydrogen-bond donors (Lipinski definition) is 1. The topological polar surface area (TPSA) is 69.4 Å². The van der Waals surface area contributed by atoms with Crippen LogP contribution in [0, 0.1) is 11.3 Å². The van der Waals surface area contributed by atoms with Crippen molar-refractivity contribution in [2.45, 2.75) is 12.5 Å². The lowest BCUT2D eigenvalue weighted by Gasteiger charge is -2.22. The molecule has 0 spiro atoms. The lowest BCUT2D eigenvalue weighted by molar-refractivity contribution is 0.198. The second-order valence-corrected chi connectivity index (χ2v) is 6.41.